The Labute approximate surface area is 109 Å². The molecule has 0 aliphatic carbocycles. The topological polar surface area (TPSA) is 104 Å². The number of hydrogen-bond donors (Lipinski definition) is 3. The van der Waals surface area contributed by atoms with E-state index in [2.05, 4.69) is 5.32 Å². The van der Waals surface area contributed by atoms with Crippen molar-refractivity contribution in [3.05, 3.63) is 30.3 Å². The lowest BCUT2D eigenvalue weighted by atomic mass is 10.1. The van der Waals surface area contributed by atoms with Gasteiger partial charge in [-0.25, -0.2) is 0 Å². The highest BCUT2D eigenvalue weighted by Gasteiger charge is 2.18. The molecule has 2 rings (SSSR count). The number of hydrogen-bond acceptors (Lipinski definition) is 4. The minimum Gasteiger partial charge on any atom is -0.507 e. The van der Waals surface area contributed by atoms with E-state index in [1.165, 1.54) is 37.3 Å². The third kappa shape index (κ3) is 2.51. The Morgan fingerprint density at radius 2 is 1.89 bits per heavy atom. The summed E-state index contributed by atoms with van der Waals surface area (Å²) in [7, 11) is -4.42. The molecule has 2 aromatic rings. The summed E-state index contributed by atoms with van der Waals surface area (Å²) in [6.07, 6.45) is 0. The van der Waals surface area contributed by atoms with Gasteiger partial charge in [-0.2, -0.15) is 8.42 Å². The number of fused-ring (bicyclic) bond motifs is 1. The second-order valence-electron chi connectivity index (χ2n) is 3.97. The molecule has 6 nitrogen and oxygen atoms in total. The maximum atomic E-state index is 11.3. The van der Waals surface area contributed by atoms with Crippen LogP contribution < -0.4 is 5.32 Å². The van der Waals surface area contributed by atoms with E-state index in [0.717, 1.165) is 0 Å². The SMILES string of the molecule is CC(=O)Nc1ccc(S(=O)(=O)O)c2cccc(O)c12. The molecule has 3 N–H and O–H groups in total. The average molecular weight is 281 g/mol. The number of amides is 1. The number of aromatic hydroxyl groups is 1. The minimum atomic E-state index is -4.42. The second-order valence-corrected chi connectivity index (χ2v) is 5.36. The van der Waals surface area contributed by atoms with Gasteiger partial charge in [0.2, 0.25) is 5.91 Å². The van der Waals surface area contributed by atoms with E-state index < -0.39 is 10.1 Å². The van der Waals surface area contributed by atoms with Crippen molar-refractivity contribution in [2.45, 2.75) is 11.8 Å². The molecule has 0 spiro atoms. The molecule has 0 saturated heterocycles. The lowest BCUT2D eigenvalue weighted by Gasteiger charge is -2.11. The van der Waals surface area contributed by atoms with Crippen LogP contribution in [0.3, 0.4) is 0 Å². The Balaban J connectivity index is 2.87. The van der Waals surface area contributed by atoms with E-state index in [1.54, 1.807) is 0 Å². The molecule has 0 unspecified atom stereocenters. The molecule has 0 aromatic heterocycles. The highest BCUT2D eigenvalue weighted by Crippen LogP contribution is 2.35. The van der Waals surface area contributed by atoms with Gasteiger partial charge in [0.25, 0.3) is 10.1 Å². The summed E-state index contributed by atoms with van der Waals surface area (Å²) < 4.78 is 31.7. The third-order valence-electron chi connectivity index (χ3n) is 2.57. The highest BCUT2D eigenvalue weighted by molar-refractivity contribution is 7.86. The van der Waals surface area contributed by atoms with Gasteiger partial charge in [0.15, 0.2) is 0 Å². The number of phenolic OH excluding ortho intramolecular Hbond substituents is 1. The maximum absolute atomic E-state index is 11.3. The van der Waals surface area contributed by atoms with Gasteiger partial charge in [-0.05, 0) is 18.2 Å². The Bertz CT molecular complexity index is 767. The maximum Gasteiger partial charge on any atom is 0.295 e. The van der Waals surface area contributed by atoms with Crippen molar-refractivity contribution >= 4 is 32.5 Å². The van der Waals surface area contributed by atoms with Crippen LogP contribution in [0.4, 0.5) is 5.69 Å². The zero-order valence-corrected chi connectivity index (χ0v) is 10.7. The van der Waals surface area contributed by atoms with Crippen molar-refractivity contribution in [1.29, 1.82) is 0 Å². The van der Waals surface area contributed by atoms with Crippen LogP contribution in [0.25, 0.3) is 10.8 Å². The van der Waals surface area contributed by atoms with E-state index in [4.69, 9.17) is 4.55 Å². The van der Waals surface area contributed by atoms with Gasteiger partial charge in [-0.3, -0.25) is 9.35 Å². The third-order valence-corrected chi connectivity index (χ3v) is 3.48. The van der Waals surface area contributed by atoms with Gasteiger partial charge >= 0.3 is 0 Å². The summed E-state index contributed by atoms with van der Waals surface area (Å²) in [6, 6.07) is 6.73. The minimum absolute atomic E-state index is 0.133. The van der Waals surface area contributed by atoms with E-state index in [9.17, 15) is 18.3 Å². The Hall–Kier alpha value is -2.12. The van der Waals surface area contributed by atoms with Crippen LogP contribution in [0.15, 0.2) is 35.2 Å². The Morgan fingerprint density at radius 1 is 1.21 bits per heavy atom. The first-order chi connectivity index (χ1) is 8.80. The largest absolute Gasteiger partial charge is 0.507 e. The predicted octanol–water partition coefficient (Wildman–Crippen LogP) is 1.75. The number of carbonyl (C=O) groups is 1. The van der Waals surface area contributed by atoms with Crippen LogP contribution in [-0.4, -0.2) is 24.0 Å². The molecule has 0 fully saturated rings. The molecular formula is C12H11NO5S. The molecule has 19 heavy (non-hydrogen) atoms. The molecule has 1 amide bonds. The molecule has 2 aromatic carbocycles. The van der Waals surface area contributed by atoms with Crippen LogP contribution in [0, 0.1) is 0 Å². The van der Waals surface area contributed by atoms with Crippen LogP contribution in [0.2, 0.25) is 0 Å². The number of anilines is 1. The fourth-order valence-corrected chi connectivity index (χ4v) is 2.57. The van der Waals surface area contributed by atoms with Crippen molar-refractivity contribution in [1.82, 2.24) is 0 Å². The zero-order chi connectivity index (χ0) is 14.2. The molecule has 0 heterocycles. The Morgan fingerprint density at radius 3 is 2.47 bits per heavy atom. The lowest BCUT2D eigenvalue weighted by molar-refractivity contribution is -0.114. The number of rotatable bonds is 2. The van der Waals surface area contributed by atoms with Crippen LogP contribution in [0.1, 0.15) is 6.92 Å². The smallest absolute Gasteiger partial charge is 0.295 e. The van der Waals surface area contributed by atoms with Gasteiger partial charge in [-0.15, -0.1) is 0 Å². The summed E-state index contributed by atoms with van der Waals surface area (Å²) in [5.41, 5.74) is 0.271. The number of nitrogens with one attached hydrogen (secondary N) is 1. The predicted molar refractivity (Wildman–Crippen MR) is 69.7 cm³/mol. The van der Waals surface area contributed by atoms with Gasteiger partial charge in [0, 0.05) is 17.7 Å². The second kappa shape index (κ2) is 4.52. The van der Waals surface area contributed by atoms with Crippen LogP contribution in [0.5, 0.6) is 5.75 Å². The first-order valence-corrected chi connectivity index (χ1v) is 6.74. The number of benzene rings is 2. The van der Waals surface area contributed by atoms with Crippen LogP contribution >= 0.6 is 0 Å². The molecular weight excluding hydrogens is 270 g/mol. The van der Waals surface area contributed by atoms with E-state index >= 15 is 0 Å². The molecule has 0 aliphatic heterocycles. The van der Waals surface area contributed by atoms with Crippen molar-refractivity contribution in [3.8, 4) is 5.75 Å². The molecule has 0 aliphatic rings. The molecule has 7 heteroatoms. The standard InChI is InChI=1S/C12H11NO5S/c1-7(14)13-9-5-6-11(19(16,17)18)8-3-2-4-10(15)12(8)9/h2-6,15H,1H3,(H,13,14)(H,16,17,18). The van der Waals surface area contributed by atoms with Gasteiger partial charge < -0.3 is 10.4 Å². The van der Waals surface area contributed by atoms with E-state index in [0.29, 0.717) is 0 Å². The summed E-state index contributed by atoms with van der Waals surface area (Å²) in [6.45, 7) is 1.29. The molecule has 0 atom stereocenters. The van der Waals surface area contributed by atoms with E-state index in [1.807, 2.05) is 0 Å². The molecule has 0 saturated carbocycles. The van der Waals surface area contributed by atoms with E-state index in [-0.39, 0.29) is 33.0 Å². The van der Waals surface area contributed by atoms with Crippen LogP contribution in [-0.2, 0) is 14.9 Å². The van der Waals surface area contributed by atoms with Crippen molar-refractivity contribution < 1.29 is 22.9 Å². The van der Waals surface area contributed by atoms with Crippen molar-refractivity contribution in [2.24, 2.45) is 0 Å². The van der Waals surface area contributed by atoms with Gasteiger partial charge in [0.1, 0.15) is 10.6 Å². The Kier molecular flexibility index (Phi) is 3.17. The first kappa shape index (κ1) is 13.3. The molecule has 0 bridgehead atoms. The van der Waals surface area contributed by atoms with Crippen molar-refractivity contribution in [2.75, 3.05) is 5.32 Å². The van der Waals surface area contributed by atoms with Crippen molar-refractivity contribution in [3.63, 3.8) is 0 Å². The quantitative estimate of drug-likeness (QED) is 0.727. The zero-order valence-electron chi connectivity index (χ0n) is 9.91. The number of phenols is 1. The summed E-state index contributed by atoms with van der Waals surface area (Å²) in [5.74, 6) is -0.545. The fourth-order valence-electron chi connectivity index (χ4n) is 1.88. The summed E-state index contributed by atoms with van der Waals surface area (Å²) in [5, 5.41) is 12.6. The fraction of sp³-hybridized carbons (Fsp3) is 0.0833. The number of carbonyl (C=O) groups excluding carboxylic acids is 1. The molecule has 100 valence electrons. The molecule has 0 radical (unpaired) electrons. The summed E-state index contributed by atoms with van der Waals surface area (Å²) in [4.78, 5) is 10.8. The lowest BCUT2D eigenvalue weighted by Crippen LogP contribution is -2.07. The average Bonchev–Trinajstić information content (AvgIpc) is 2.26. The highest BCUT2D eigenvalue weighted by atomic mass is 32.2. The van der Waals surface area contributed by atoms with Gasteiger partial charge in [-0.1, -0.05) is 12.1 Å². The van der Waals surface area contributed by atoms with Gasteiger partial charge in [0.05, 0.1) is 5.69 Å². The monoisotopic (exact) mass is 281 g/mol. The first-order valence-electron chi connectivity index (χ1n) is 5.30. The summed E-state index contributed by atoms with van der Waals surface area (Å²) >= 11 is 0. The normalized spacial score (nSPS) is 11.5.